The van der Waals surface area contributed by atoms with Gasteiger partial charge in [0, 0.05) is 26.2 Å². The number of carbonyl (C=O) groups is 1. The van der Waals surface area contributed by atoms with Gasteiger partial charge in [-0.05, 0) is 78.9 Å². The van der Waals surface area contributed by atoms with E-state index in [0.717, 1.165) is 31.4 Å². The lowest BCUT2D eigenvalue weighted by Gasteiger charge is -2.31. The van der Waals surface area contributed by atoms with Crippen LogP contribution >= 0.6 is 0 Å². The van der Waals surface area contributed by atoms with Crippen LogP contribution < -0.4 is 16.0 Å². The number of carbonyl (C=O) groups excluding carboxylic acids is 1. The first kappa shape index (κ1) is 23.5. The maximum absolute atomic E-state index is 11.6. The Balaban J connectivity index is 2.19. The molecule has 0 bridgehead atoms. The smallest absolute Gasteiger partial charge is 0.407 e. The number of ether oxygens (including phenoxy) is 1. The van der Waals surface area contributed by atoms with Gasteiger partial charge in [-0.3, -0.25) is 4.99 Å². The summed E-state index contributed by atoms with van der Waals surface area (Å²) in [5.41, 5.74) is -0.461. The molecule has 7 heteroatoms. The van der Waals surface area contributed by atoms with Crippen LogP contribution in [0.1, 0.15) is 60.3 Å². The second-order valence-corrected chi connectivity index (χ2v) is 8.14. The quantitative estimate of drug-likeness (QED) is 0.324. The molecule has 0 atom stereocenters. The van der Waals surface area contributed by atoms with E-state index in [1.807, 2.05) is 20.8 Å². The number of alkyl carbamates (subject to hydrolysis) is 1. The molecule has 1 heterocycles. The summed E-state index contributed by atoms with van der Waals surface area (Å²) in [5, 5.41) is 9.49. The van der Waals surface area contributed by atoms with Crippen LogP contribution in [0.15, 0.2) is 4.99 Å². The Hall–Kier alpha value is -1.50. The van der Waals surface area contributed by atoms with Crippen molar-refractivity contribution in [2.75, 3.05) is 45.8 Å². The lowest BCUT2D eigenvalue weighted by atomic mass is 9.93. The predicted octanol–water partition coefficient (Wildman–Crippen LogP) is 2.58. The van der Waals surface area contributed by atoms with Gasteiger partial charge in [-0.15, -0.1) is 0 Å². The normalized spacial score (nSPS) is 16.9. The van der Waals surface area contributed by atoms with E-state index in [1.165, 1.54) is 38.9 Å². The zero-order valence-electron chi connectivity index (χ0n) is 18.1. The molecule has 0 aliphatic carbocycles. The number of rotatable bonds is 9. The van der Waals surface area contributed by atoms with Gasteiger partial charge in [0.05, 0.1) is 0 Å². The summed E-state index contributed by atoms with van der Waals surface area (Å²) in [6.07, 6.45) is 4.22. The maximum atomic E-state index is 11.6. The first-order valence-electron chi connectivity index (χ1n) is 10.6. The molecule has 0 radical (unpaired) electrons. The third-order valence-corrected chi connectivity index (χ3v) is 4.62. The van der Waals surface area contributed by atoms with E-state index in [0.29, 0.717) is 13.1 Å². The van der Waals surface area contributed by atoms with Crippen molar-refractivity contribution >= 4 is 12.1 Å². The second-order valence-electron chi connectivity index (χ2n) is 8.14. The molecule has 0 aromatic carbocycles. The molecule has 0 saturated carbocycles. The Kier molecular flexibility index (Phi) is 11.2. The fraction of sp³-hybridized carbons (Fsp3) is 0.900. The van der Waals surface area contributed by atoms with Gasteiger partial charge in [0.2, 0.25) is 0 Å². The number of hydrogen-bond donors (Lipinski definition) is 3. The molecule has 27 heavy (non-hydrogen) atoms. The highest BCUT2D eigenvalue weighted by Crippen LogP contribution is 2.19. The van der Waals surface area contributed by atoms with E-state index < -0.39 is 5.60 Å². The van der Waals surface area contributed by atoms with Gasteiger partial charge < -0.3 is 25.6 Å². The van der Waals surface area contributed by atoms with Gasteiger partial charge in [-0.25, -0.2) is 4.79 Å². The summed E-state index contributed by atoms with van der Waals surface area (Å²) in [5.74, 6) is 1.68. The zero-order chi connectivity index (χ0) is 20.1. The molecule has 0 unspecified atom stereocenters. The minimum absolute atomic E-state index is 0.370. The summed E-state index contributed by atoms with van der Waals surface area (Å²) < 4.78 is 5.21. The lowest BCUT2D eigenvalue weighted by Crippen LogP contribution is -2.39. The van der Waals surface area contributed by atoms with E-state index in [-0.39, 0.29) is 6.09 Å². The summed E-state index contributed by atoms with van der Waals surface area (Å²) in [4.78, 5) is 18.7. The van der Waals surface area contributed by atoms with Crippen molar-refractivity contribution in [1.29, 1.82) is 0 Å². The van der Waals surface area contributed by atoms with Crippen LogP contribution in [0.4, 0.5) is 4.79 Å². The van der Waals surface area contributed by atoms with E-state index in [4.69, 9.17) is 4.74 Å². The SMILES string of the molecule is CCNC(=NCCCNC(=O)OC(C)(C)C)NCCC1CCN(CC)CC1. The van der Waals surface area contributed by atoms with E-state index in [2.05, 4.69) is 39.7 Å². The first-order chi connectivity index (χ1) is 12.8. The number of nitrogens with zero attached hydrogens (tertiary/aromatic N) is 2. The molecular weight excluding hydrogens is 342 g/mol. The molecule has 7 nitrogen and oxygen atoms in total. The van der Waals surface area contributed by atoms with Crippen LogP contribution in [-0.2, 0) is 4.74 Å². The number of hydrogen-bond acceptors (Lipinski definition) is 4. The molecule has 1 aliphatic rings. The monoisotopic (exact) mass is 383 g/mol. The van der Waals surface area contributed by atoms with Gasteiger partial charge in [0.25, 0.3) is 0 Å². The van der Waals surface area contributed by atoms with Gasteiger partial charge in [-0.1, -0.05) is 6.92 Å². The van der Waals surface area contributed by atoms with Crippen LogP contribution in [0, 0.1) is 5.92 Å². The predicted molar refractivity (Wildman–Crippen MR) is 112 cm³/mol. The summed E-state index contributed by atoms with van der Waals surface area (Å²) in [7, 11) is 0. The Labute approximate surface area is 165 Å². The van der Waals surface area contributed by atoms with Crippen LogP contribution in [-0.4, -0.2) is 68.4 Å². The van der Waals surface area contributed by atoms with Crippen molar-refractivity contribution in [3.05, 3.63) is 0 Å². The van der Waals surface area contributed by atoms with E-state index in [1.54, 1.807) is 0 Å². The Morgan fingerprint density at radius 3 is 2.41 bits per heavy atom. The third kappa shape index (κ3) is 11.7. The minimum Gasteiger partial charge on any atom is -0.444 e. The molecule has 158 valence electrons. The van der Waals surface area contributed by atoms with Gasteiger partial charge in [-0.2, -0.15) is 0 Å². The highest BCUT2D eigenvalue weighted by Gasteiger charge is 2.17. The molecule has 0 aromatic heterocycles. The number of amides is 1. The topological polar surface area (TPSA) is 78.0 Å². The molecule has 1 rings (SSSR count). The van der Waals surface area contributed by atoms with Crippen LogP contribution in [0.5, 0.6) is 0 Å². The Bertz CT molecular complexity index is 440. The van der Waals surface area contributed by atoms with Crippen LogP contribution in [0.3, 0.4) is 0 Å². The maximum Gasteiger partial charge on any atom is 0.407 e. The number of piperidine rings is 1. The summed E-state index contributed by atoms with van der Waals surface area (Å²) >= 11 is 0. The summed E-state index contributed by atoms with van der Waals surface area (Å²) in [6, 6.07) is 0. The largest absolute Gasteiger partial charge is 0.444 e. The average Bonchev–Trinajstić information content (AvgIpc) is 2.60. The Morgan fingerprint density at radius 2 is 1.81 bits per heavy atom. The van der Waals surface area contributed by atoms with Crippen LogP contribution in [0.25, 0.3) is 0 Å². The third-order valence-electron chi connectivity index (χ3n) is 4.62. The average molecular weight is 384 g/mol. The molecule has 1 amide bonds. The van der Waals surface area contributed by atoms with Gasteiger partial charge in [0.1, 0.15) is 5.60 Å². The van der Waals surface area contributed by atoms with Crippen molar-refractivity contribution in [3.8, 4) is 0 Å². The van der Waals surface area contributed by atoms with Crippen molar-refractivity contribution in [2.45, 2.75) is 65.9 Å². The molecular formula is C20H41N5O2. The minimum atomic E-state index is -0.461. The standard InChI is InChI=1S/C20H41N5O2/c1-6-21-18(22-12-8-13-24-19(26)27-20(3,4)5)23-14-9-17-10-15-25(7-2)16-11-17/h17H,6-16H2,1-5H3,(H,24,26)(H2,21,22,23). The number of nitrogens with one attached hydrogen (secondary N) is 3. The van der Waals surface area contributed by atoms with Gasteiger partial charge in [0.15, 0.2) is 5.96 Å². The molecule has 0 aromatic rings. The van der Waals surface area contributed by atoms with Crippen molar-refractivity contribution in [2.24, 2.45) is 10.9 Å². The highest BCUT2D eigenvalue weighted by atomic mass is 16.6. The van der Waals surface area contributed by atoms with Crippen molar-refractivity contribution < 1.29 is 9.53 Å². The van der Waals surface area contributed by atoms with E-state index >= 15 is 0 Å². The molecule has 3 N–H and O–H groups in total. The fourth-order valence-electron chi connectivity index (χ4n) is 3.10. The van der Waals surface area contributed by atoms with Crippen LogP contribution in [0.2, 0.25) is 0 Å². The fourth-order valence-corrected chi connectivity index (χ4v) is 3.10. The second kappa shape index (κ2) is 12.8. The van der Waals surface area contributed by atoms with Crippen molar-refractivity contribution in [1.82, 2.24) is 20.9 Å². The molecule has 1 saturated heterocycles. The zero-order valence-corrected chi connectivity index (χ0v) is 18.1. The van der Waals surface area contributed by atoms with Gasteiger partial charge >= 0.3 is 6.09 Å². The molecule has 1 aliphatic heterocycles. The van der Waals surface area contributed by atoms with Crippen molar-refractivity contribution in [3.63, 3.8) is 0 Å². The molecule has 1 fully saturated rings. The lowest BCUT2D eigenvalue weighted by molar-refractivity contribution is 0.0527. The van der Waals surface area contributed by atoms with E-state index in [9.17, 15) is 4.79 Å². The highest BCUT2D eigenvalue weighted by molar-refractivity contribution is 5.79. The number of guanidine groups is 1. The first-order valence-corrected chi connectivity index (χ1v) is 10.6. The number of likely N-dealkylation sites (tertiary alicyclic amines) is 1. The summed E-state index contributed by atoms with van der Waals surface area (Å²) in [6.45, 7) is 16.6. The number of aliphatic imine (C=N–C) groups is 1. The molecule has 0 spiro atoms. The Morgan fingerprint density at radius 1 is 1.11 bits per heavy atom.